The van der Waals surface area contributed by atoms with E-state index in [0.29, 0.717) is 17.6 Å². The molecule has 0 unspecified atom stereocenters. The predicted molar refractivity (Wildman–Crippen MR) is 163 cm³/mol. The normalized spacial score (nSPS) is 11.9. The summed E-state index contributed by atoms with van der Waals surface area (Å²) in [6, 6.07) is 35.4. The maximum Gasteiger partial charge on any atom is 0.248 e. The molecule has 0 saturated carbocycles. The molecule has 4 N–H and O–H groups in total. The molecule has 208 valence electrons. The predicted octanol–water partition coefficient (Wildman–Crippen LogP) is 5.56. The van der Waals surface area contributed by atoms with Gasteiger partial charge in [0.2, 0.25) is 5.91 Å². The van der Waals surface area contributed by atoms with Crippen molar-refractivity contribution in [3.63, 3.8) is 0 Å². The van der Waals surface area contributed by atoms with Crippen LogP contribution < -0.4 is 15.8 Å². The third-order valence-corrected chi connectivity index (χ3v) is 6.88. The minimum Gasteiger partial charge on any atom is -0.491 e. The van der Waals surface area contributed by atoms with E-state index in [0.717, 1.165) is 42.0 Å². The molecule has 5 aromatic rings. The first-order valence-corrected chi connectivity index (χ1v) is 13.7. The number of aromatic nitrogens is 1. The Morgan fingerprint density at radius 1 is 0.902 bits per heavy atom. The molecule has 1 heterocycles. The average molecular weight is 547 g/mol. The molecule has 5 rings (SSSR count). The van der Waals surface area contributed by atoms with Crippen molar-refractivity contribution in [2.45, 2.75) is 19.1 Å². The van der Waals surface area contributed by atoms with Gasteiger partial charge in [-0.2, -0.15) is 0 Å². The lowest BCUT2D eigenvalue weighted by Gasteiger charge is -2.25. The Morgan fingerprint density at radius 2 is 1.63 bits per heavy atom. The lowest BCUT2D eigenvalue weighted by Crippen LogP contribution is -2.36. The van der Waals surface area contributed by atoms with Gasteiger partial charge in [0.05, 0.1) is 5.52 Å². The Labute approximate surface area is 240 Å². The average Bonchev–Trinajstić information content (AvgIpc) is 3.00. The molecule has 1 amide bonds. The quantitative estimate of drug-likeness (QED) is 0.179. The SMILES string of the molecule is NC(=O)c1ccc2c(Nc3ccc(CCN(Cc4ccccc4)C[C@H](O)COc4ccccc4)cc3)ccnc2c1. The number of nitrogens with one attached hydrogen (secondary N) is 1. The molecular formula is C34H34N4O3. The molecule has 7 nitrogen and oxygen atoms in total. The number of para-hydroxylation sites is 1. The number of anilines is 2. The number of rotatable bonds is 13. The number of nitrogens with two attached hydrogens (primary N) is 1. The van der Waals surface area contributed by atoms with Crippen LogP contribution in [0.1, 0.15) is 21.5 Å². The fraction of sp³-hybridized carbons (Fsp3) is 0.176. The van der Waals surface area contributed by atoms with Gasteiger partial charge in [0.15, 0.2) is 0 Å². The van der Waals surface area contributed by atoms with Gasteiger partial charge in [-0.1, -0.05) is 60.7 Å². The van der Waals surface area contributed by atoms with Crippen molar-refractivity contribution in [2.75, 3.05) is 25.0 Å². The Balaban J connectivity index is 1.21. The molecule has 1 aromatic heterocycles. The second-order valence-electron chi connectivity index (χ2n) is 10.0. The number of ether oxygens (including phenoxy) is 1. The summed E-state index contributed by atoms with van der Waals surface area (Å²) >= 11 is 0. The molecule has 0 aliphatic carbocycles. The Bertz CT molecular complexity index is 1560. The topological polar surface area (TPSA) is 101 Å². The minimum atomic E-state index is -0.611. The van der Waals surface area contributed by atoms with Crippen molar-refractivity contribution in [3.05, 3.63) is 132 Å². The highest BCUT2D eigenvalue weighted by Crippen LogP contribution is 2.26. The Hall–Kier alpha value is -4.72. The summed E-state index contributed by atoms with van der Waals surface area (Å²) in [5.41, 5.74) is 10.8. The third kappa shape index (κ3) is 7.91. The maximum absolute atomic E-state index is 11.5. The van der Waals surface area contributed by atoms with Crippen LogP contribution in [0.2, 0.25) is 0 Å². The molecule has 0 aliphatic rings. The van der Waals surface area contributed by atoms with Crippen LogP contribution in [0.15, 0.2) is 115 Å². The van der Waals surface area contributed by atoms with Gasteiger partial charge in [0.25, 0.3) is 0 Å². The molecule has 4 aromatic carbocycles. The van der Waals surface area contributed by atoms with Gasteiger partial charge in [-0.15, -0.1) is 0 Å². The fourth-order valence-corrected chi connectivity index (χ4v) is 4.74. The van der Waals surface area contributed by atoms with Gasteiger partial charge in [-0.3, -0.25) is 14.7 Å². The number of aliphatic hydroxyl groups is 1. The van der Waals surface area contributed by atoms with E-state index in [4.69, 9.17) is 10.5 Å². The van der Waals surface area contributed by atoms with Crippen molar-refractivity contribution < 1.29 is 14.6 Å². The summed E-state index contributed by atoms with van der Waals surface area (Å²) in [5.74, 6) is 0.282. The number of hydrogen-bond donors (Lipinski definition) is 3. The third-order valence-electron chi connectivity index (χ3n) is 6.88. The van der Waals surface area contributed by atoms with Crippen molar-refractivity contribution >= 4 is 28.2 Å². The zero-order valence-electron chi connectivity index (χ0n) is 22.8. The van der Waals surface area contributed by atoms with E-state index in [1.165, 1.54) is 11.1 Å². The van der Waals surface area contributed by atoms with Crippen LogP contribution in [0.5, 0.6) is 5.75 Å². The van der Waals surface area contributed by atoms with Crippen LogP contribution in [0.3, 0.4) is 0 Å². The number of amides is 1. The van der Waals surface area contributed by atoms with E-state index in [9.17, 15) is 9.90 Å². The molecular weight excluding hydrogens is 512 g/mol. The van der Waals surface area contributed by atoms with Gasteiger partial charge < -0.3 is 20.9 Å². The van der Waals surface area contributed by atoms with Crippen LogP contribution in [-0.4, -0.2) is 46.7 Å². The van der Waals surface area contributed by atoms with Gasteiger partial charge in [0, 0.05) is 48.2 Å². The lowest BCUT2D eigenvalue weighted by atomic mass is 10.1. The number of fused-ring (bicyclic) bond motifs is 1. The minimum absolute atomic E-state index is 0.239. The van der Waals surface area contributed by atoms with Crippen molar-refractivity contribution in [1.29, 1.82) is 0 Å². The molecule has 0 aliphatic heterocycles. The molecule has 0 fully saturated rings. The van der Waals surface area contributed by atoms with Gasteiger partial charge >= 0.3 is 0 Å². The lowest BCUT2D eigenvalue weighted by molar-refractivity contribution is 0.0659. The number of carbonyl (C=O) groups is 1. The summed E-state index contributed by atoms with van der Waals surface area (Å²) in [6.07, 6.45) is 1.94. The van der Waals surface area contributed by atoms with Crippen LogP contribution in [0, 0.1) is 0 Å². The summed E-state index contributed by atoms with van der Waals surface area (Å²) < 4.78 is 5.78. The van der Waals surface area contributed by atoms with E-state index in [-0.39, 0.29) is 6.61 Å². The Morgan fingerprint density at radius 3 is 2.37 bits per heavy atom. The molecule has 1 atom stereocenters. The van der Waals surface area contributed by atoms with Crippen molar-refractivity contribution in [1.82, 2.24) is 9.88 Å². The van der Waals surface area contributed by atoms with E-state index < -0.39 is 12.0 Å². The molecule has 41 heavy (non-hydrogen) atoms. The van der Waals surface area contributed by atoms with Gasteiger partial charge in [0.1, 0.15) is 18.5 Å². The van der Waals surface area contributed by atoms with Crippen LogP contribution in [-0.2, 0) is 13.0 Å². The highest BCUT2D eigenvalue weighted by molar-refractivity contribution is 6.00. The van der Waals surface area contributed by atoms with Crippen molar-refractivity contribution in [3.8, 4) is 5.75 Å². The van der Waals surface area contributed by atoms with Crippen LogP contribution in [0.4, 0.5) is 11.4 Å². The molecule has 0 bridgehead atoms. The first kappa shape index (κ1) is 27.8. The molecule has 0 radical (unpaired) electrons. The number of benzene rings is 4. The van der Waals surface area contributed by atoms with E-state index in [2.05, 4.69) is 51.6 Å². The molecule has 7 heteroatoms. The molecule has 0 saturated heterocycles. The highest BCUT2D eigenvalue weighted by Gasteiger charge is 2.14. The number of nitrogens with zero attached hydrogens (tertiary/aromatic N) is 2. The van der Waals surface area contributed by atoms with Crippen molar-refractivity contribution in [2.24, 2.45) is 5.73 Å². The van der Waals surface area contributed by atoms with E-state index >= 15 is 0 Å². The first-order chi connectivity index (χ1) is 20.0. The maximum atomic E-state index is 11.5. The first-order valence-electron chi connectivity index (χ1n) is 13.7. The highest BCUT2D eigenvalue weighted by atomic mass is 16.5. The van der Waals surface area contributed by atoms with Gasteiger partial charge in [-0.25, -0.2) is 0 Å². The summed E-state index contributed by atoms with van der Waals surface area (Å²) in [5, 5.41) is 15.1. The number of aliphatic hydroxyl groups excluding tert-OH is 1. The largest absolute Gasteiger partial charge is 0.491 e. The number of hydrogen-bond acceptors (Lipinski definition) is 6. The number of carbonyl (C=O) groups excluding carboxylic acids is 1. The zero-order valence-corrected chi connectivity index (χ0v) is 22.8. The number of pyridine rings is 1. The van der Waals surface area contributed by atoms with E-state index in [1.807, 2.05) is 60.7 Å². The summed E-state index contributed by atoms with van der Waals surface area (Å²) in [4.78, 5) is 18.2. The monoisotopic (exact) mass is 546 g/mol. The van der Waals surface area contributed by atoms with Crippen LogP contribution >= 0.6 is 0 Å². The van der Waals surface area contributed by atoms with Crippen LogP contribution in [0.25, 0.3) is 10.9 Å². The standard InChI is InChI=1S/C34H34N4O3/c35-34(40)27-13-16-31-32(17-19-36-33(31)21-27)37-28-14-11-25(12-15-28)18-20-38(22-26-7-3-1-4-8-26)23-29(39)24-41-30-9-5-2-6-10-30/h1-17,19,21,29,39H,18,20,22-24H2,(H2,35,40)(H,36,37)/t29-/m0/s1. The fourth-order valence-electron chi connectivity index (χ4n) is 4.74. The number of primary amides is 1. The second kappa shape index (κ2) is 13.6. The summed E-state index contributed by atoms with van der Waals surface area (Å²) in [7, 11) is 0. The Kier molecular flexibility index (Phi) is 9.21. The second-order valence-corrected chi connectivity index (χ2v) is 10.0. The zero-order chi connectivity index (χ0) is 28.4. The van der Waals surface area contributed by atoms with Gasteiger partial charge in [-0.05, 0) is 66.1 Å². The smallest absolute Gasteiger partial charge is 0.248 e. The molecule has 0 spiro atoms. The van der Waals surface area contributed by atoms with E-state index in [1.54, 1.807) is 18.3 Å². The summed E-state index contributed by atoms with van der Waals surface area (Å²) in [6.45, 7) is 2.29.